The summed E-state index contributed by atoms with van der Waals surface area (Å²) in [6.45, 7) is 39.0. The van der Waals surface area contributed by atoms with Gasteiger partial charge < -0.3 is 95.5 Å². The van der Waals surface area contributed by atoms with Gasteiger partial charge in [0.2, 0.25) is 76.8 Å². The lowest BCUT2D eigenvalue weighted by molar-refractivity contribution is -0.157. The zero-order valence-corrected chi connectivity index (χ0v) is 81.4. The van der Waals surface area contributed by atoms with E-state index in [2.05, 4.69) is 36.9 Å². The molecule has 2 aliphatic heterocycles. The number of hydrogen-bond donors (Lipinski definition) is 8. The number of aryl methyl sites for hydroxylation is 1. The number of rotatable bonds is 33. The third kappa shape index (κ3) is 32.0. The molecule has 13 amide bonds. The molecule has 0 aliphatic carbocycles. The average molecular weight is 1790 g/mol. The number of ether oxygens (including phenoxy) is 3. The highest BCUT2D eigenvalue weighted by molar-refractivity contribution is 7.13. The van der Waals surface area contributed by atoms with Crippen LogP contribution in [0.15, 0.2) is 41.9 Å². The van der Waals surface area contributed by atoms with E-state index in [0.717, 1.165) is 31.5 Å². The number of nitrogens with zero attached hydrogens (tertiary/aromatic N) is 9. The van der Waals surface area contributed by atoms with Crippen molar-refractivity contribution in [2.75, 3.05) is 109 Å². The Morgan fingerprint density at radius 1 is 0.571 bits per heavy atom. The number of aliphatic hydroxyl groups excluding tert-OH is 2. The SMILES string of the molecule is CC[C@@H]1NC(=O)[C@H]([C@H](O)[C@H](C)C/C=C/CCOCCOCCOCCN[C@H](C(=O)N2C[C@H](O)C[C@H]2C(=O)N[C@@H](C)c2ccc(-c3scnc3C)cc2)C(C)(C)C)N(C)C(=O)[C@H](C(C)C)N(C)C(=O)[C@H](CC(C)C)N(C)C(=O)[C@H](CC(C)C)N(C)C(=O)[C@@H](C)NC(=O)[C@H](C)NC(=O)[C@H](CC(C)C)N(C)C(=O)[C@H](C(C)C)NC(=O)[C@H](CC(C)C)N(C)C(=O)CN(C)C1=O. The largest absolute Gasteiger partial charge is 0.391 e. The summed E-state index contributed by atoms with van der Waals surface area (Å²) in [5.74, 6) is -11.1. The first-order valence-electron chi connectivity index (χ1n) is 45.0. The summed E-state index contributed by atoms with van der Waals surface area (Å²) in [7, 11) is 9.84. The number of likely N-dealkylation sites (tertiary alicyclic amines) is 1. The Labute approximate surface area is 753 Å². The van der Waals surface area contributed by atoms with Gasteiger partial charge in [0.25, 0.3) is 0 Å². The van der Waals surface area contributed by atoms with E-state index < -0.39 is 179 Å². The molecule has 2 saturated heterocycles. The van der Waals surface area contributed by atoms with E-state index in [1.807, 2.05) is 132 Å². The Morgan fingerprint density at radius 3 is 1.58 bits per heavy atom. The van der Waals surface area contributed by atoms with Gasteiger partial charge in [0.1, 0.15) is 66.5 Å². The highest BCUT2D eigenvalue weighted by Gasteiger charge is 2.48. The van der Waals surface area contributed by atoms with Crippen LogP contribution < -0.4 is 31.9 Å². The van der Waals surface area contributed by atoms with Gasteiger partial charge in [-0.15, -0.1) is 11.3 Å². The smallest absolute Gasteiger partial charge is 0.246 e. The second kappa shape index (κ2) is 51.6. The molecule has 126 heavy (non-hydrogen) atoms. The lowest BCUT2D eigenvalue weighted by Crippen LogP contribution is -2.63. The maximum Gasteiger partial charge on any atom is 0.246 e. The minimum Gasteiger partial charge on any atom is -0.391 e. The van der Waals surface area contributed by atoms with Gasteiger partial charge >= 0.3 is 0 Å². The van der Waals surface area contributed by atoms with Crippen LogP contribution in [0.3, 0.4) is 0 Å². The molecule has 712 valence electrons. The number of hydrogen-bond acceptors (Lipinski definition) is 21. The summed E-state index contributed by atoms with van der Waals surface area (Å²) >= 11 is 1.56. The summed E-state index contributed by atoms with van der Waals surface area (Å²) in [6, 6.07) is -6.82. The van der Waals surface area contributed by atoms with Crippen LogP contribution in [0.1, 0.15) is 207 Å². The molecule has 0 unspecified atom stereocenters. The Hall–Kier alpha value is -8.54. The molecule has 8 N–H and O–H groups in total. The number of allylic oxidation sites excluding steroid dienone is 1. The fourth-order valence-electron chi connectivity index (χ4n) is 15.9. The fraction of sp³-hybridized carbons (Fsp3) is 0.739. The molecule has 16 atom stereocenters. The van der Waals surface area contributed by atoms with Crippen molar-refractivity contribution in [2.45, 2.75) is 288 Å². The molecule has 1 aromatic heterocycles. The summed E-state index contributed by atoms with van der Waals surface area (Å²) in [6.07, 6.45) is 2.40. The molecular formula is C92H155N15O18S. The van der Waals surface area contributed by atoms with Gasteiger partial charge in [-0.3, -0.25) is 62.3 Å². The lowest BCUT2D eigenvalue weighted by atomic mass is 9.85. The maximum atomic E-state index is 15.6. The van der Waals surface area contributed by atoms with Crippen molar-refractivity contribution in [3.05, 3.63) is 53.2 Å². The number of β-amino-alcohol motifs (C(OH)–C–C–N with tert-alkyl or cyclic N) is 1. The Balaban J connectivity index is 1.56. The van der Waals surface area contributed by atoms with Gasteiger partial charge in [-0.05, 0) is 131 Å². The van der Waals surface area contributed by atoms with Gasteiger partial charge in [-0.2, -0.15) is 0 Å². The number of nitrogens with one attached hydrogen (secondary N) is 6. The number of carbonyl (C=O) groups excluding carboxylic acids is 13. The highest BCUT2D eigenvalue weighted by Crippen LogP contribution is 2.32. The first kappa shape index (κ1) is 110. The normalized spacial score (nSPS) is 24.4. The van der Waals surface area contributed by atoms with E-state index >= 15 is 19.2 Å². The third-order valence-electron chi connectivity index (χ3n) is 23.5. The summed E-state index contributed by atoms with van der Waals surface area (Å²) in [5, 5.41) is 40.8. The van der Waals surface area contributed by atoms with Crippen molar-refractivity contribution >= 4 is 88.1 Å². The van der Waals surface area contributed by atoms with Crippen molar-refractivity contribution in [1.82, 2.24) is 76.1 Å². The topological polar surface area (TPSA) is 401 Å². The molecular weight excluding hydrogens is 1640 g/mol. The minimum absolute atomic E-state index is 0.0268. The molecule has 0 saturated carbocycles. The molecule has 2 aromatic rings. The summed E-state index contributed by atoms with van der Waals surface area (Å²) < 4.78 is 17.5. The van der Waals surface area contributed by atoms with Gasteiger partial charge in [-0.25, -0.2) is 4.98 Å². The molecule has 2 aliphatic rings. The summed E-state index contributed by atoms with van der Waals surface area (Å²) in [5.41, 5.74) is 4.13. The van der Waals surface area contributed by atoms with Crippen LogP contribution in [0, 0.1) is 53.8 Å². The number of benzene rings is 1. The van der Waals surface area contributed by atoms with Crippen molar-refractivity contribution < 1.29 is 86.8 Å². The van der Waals surface area contributed by atoms with Gasteiger partial charge in [0, 0.05) is 68.8 Å². The van der Waals surface area contributed by atoms with Gasteiger partial charge in [0.05, 0.1) is 86.6 Å². The molecule has 4 rings (SSSR count). The molecule has 0 spiro atoms. The van der Waals surface area contributed by atoms with E-state index in [0.29, 0.717) is 19.6 Å². The Kier molecular flexibility index (Phi) is 45.0. The monoisotopic (exact) mass is 1790 g/mol. The fourth-order valence-corrected chi connectivity index (χ4v) is 16.7. The molecule has 1 aromatic carbocycles. The van der Waals surface area contributed by atoms with E-state index in [1.54, 1.807) is 52.9 Å². The maximum absolute atomic E-state index is 15.6. The van der Waals surface area contributed by atoms with E-state index in [9.17, 15) is 53.4 Å². The number of aromatic nitrogens is 1. The van der Waals surface area contributed by atoms with Crippen molar-refractivity contribution in [1.29, 1.82) is 0 Å². The predicted molar refractivity (Wildman–Crippen MR) is 486 cm³/mol. The number of amides is 13. The second-order valence-corrected chi connectivity index (χ2v) is 38.7. The Morgan fingerprint density at radius 2 is 1.06 bits per heavy atom. The number of thiazole rings is 1. The molecule has 3 heterocycles. The van der Waals surface area contributed by atoms with Crippen LogP contribution in [0.5, 0.6) is 0 Å². The van der Waals surface area contributed by atoms with E-state index in [1.165, 1.54) is 92.6 Å². The first-order chi connectivity index (χ1) is 58.8. The quantitative estimate of drug-likeness (QED) is 0.0301. The second-order valence-electron chi connectivity index (χ2n) is 37.9. The van der Waals surface area contributed by atoms with Crippen molar-refractivity contribution in [3.8, 4) is 10.4 Å². The van der Waals surface area contributed by atoms with Crippen LogP contribution in [-0.4, -0.2) is 325 Å². The lowest BCUT2D eigenvalue weighted by Gasteiger charge is -2.41. The molecule has 0 bridgehead atoms. The predicted octanol–water partition coefficient (Wildman–Crippen LogP) is 5.96. The number of carbonyl (C=O) groups is 13. The first-order valence-corrected chi connectivity index (χ1v) is 45.8. The molecule has 33 nitrogen and oxygen atoms in total. The average Bonchev–Trinajstić information content (AvgIpc) is 1.44. The van der Waals surface area contributed by atoms with Crippen molar-refractivity contribution in [2.24, 2.45) is 46.8 Å². The molecule has 0 radical (unpaired) electrons. The zero-order chi connectivity index (χ0) is 95.4. The minimum atomic E-state index is -1.71. The summed E-state index contributed by atoms with van der Waals surface area (Å²) in [4.78, 5) is 206. The number of aliphatic hydroxyl groups is 2. The number of likely N-dealkylation sites (N-methyl/N-ethyl adjacent to an activating group) is 7. The van der Waals surface area contributed by atoms with Gasteiger partial charge in [-0.1, -0.05) is 154 Å². The van der Waals surface area contributed by atoms with Crippen LogP contribution in [0.2, 0.25) is 0 Å². The third-order valence-corrected chi connectivity index (χ3v) is 24.5. The van der Waals surface area contributed by atoms with Crippen LogP contribution in [0.4, 0.5) is 0 Å². The van der Waals surface area contributed by atoms with Crippen LogP contribution >= 0.6 is 11.3 Å². The zero-order valence-electron chi connectivity index (χ0n) is 80.6. The Bertz CT molecular complexity index is 3930. The standard InChI is InChI=1S/C92H155N15O18S/c1-29-67-86(117)100(22)51-73(109)101(23)68(45-53(2)3)82(113)99-74(57(10)11)89(120)102(24)69(46-54(4)5)81(112)96-62(17)80(111)97-63(18)85(116)103(25)71(47-55(6)7)87(118)104(26)72(48-56(8)9)88(119)105(27)75(58(12)13)90(121)106(28)76(84(115)98-67)77(110)59(14)33-31-30-32-39-123-41-43-125-44-42-124-40-38-93-79(92(19,20)21)91(122)107-50-66(108)49-70(107)83(114)95-60(15)64-34-36-65(37-35-64)78-61(16)94-52-126-78/h30-31,34-37,52-60,62-63,66-72,74-77,79,93,108,110H,29,32-33,38-51H2,1-28H3,(H,95,114)(H,96,112)(H,97,111)(H,98,115)(H,99,113)/b31-30+/t59-,60+,62+,63-,66-,67+,68+,69+,70+,71+,72+,74+,75+,76+,77-,79-/m1/s1. The van der Waals surface area contributed by atoms with Crippen LogP contribution in [-0.2, 0) is 76.5 Å². The van der Waals surface area contributed by atoms with Gasteiger partial charge in [0.15, 0.2) is 0 Å². The van der Waals surface area contributed by atoms with Crippen molar-refractivity contribution in [3.63, 3.8) is 0 Å². The van der Waals surface area contributed by atoms with E-state index in [4.69, 9.17) is 14.2 Å². The highest BCUT2D eigenvalue weighted by atomic mass is 32.1. The van der Waals surface area contributed by atoms with E-state index in [-0.39, 0.29) is 126 Å². The molecule has 2 fully saturated rings. The van der Waals surface area contributed by atoms with Crippen LogP contribution in [0.25, 0.3) is 10.4 Å². The molecule has 34 heteroatoms.